The largest absolute Gasteiger partial charge is 0.455 e. The molecule has 1 spiro atoms. The first kappa shape index (κ1) is 44.6. The van der Waals surface area contributed by atoms with Crippen molar-refractivity contribution in [3.63, 3.8) is 0 Å². The van der Waals surface area contributed by atoms with E-state index in [0.717, 1.165) is 88.3 Å². The maximum atomic E-state index is 14.0. The number of ether oxygens (including phenoxy) is 2. The second-order valence-corrected chi connectivity index (χ2v) is 20.2. The van der Waals surface area contributed by atoms with E-state index in [-0.39, 0.29) is 28.5 Å². The maximum absolute atomic E-state index is 14.0. The zero-order valence-electron chi connectivity index (χ0n) is 37.4. The highest BCUT2D eigenvalue weighted by Gasteiger charge is 2.50. The number of hydrogen-bond donors (Lipinski definition) is 3. The van der Waals surface area contributed by atoms with Crippen molar-refractivity contribution >= 4 is 44.2 Å². The van der Waals surface area contributed by atoms with Crippen molar-refractivity contribution in [1.82, 2.24) is 29.5 Å². The van der Waals surface area contributed by atoms with Crippen LogP contribution in [0.3, 0.4) is 0 Å². The van der Waals surface area contributed by atoms with Crippen LogP contribution >= 0.6 is 0 Å². The van der Waals surface area contributed by atoms with Crippen molar-refractivity contribution < 1.29 is 27.6 Å². The highest BCUT2D eigenvalue weighted by atomic mass is 32.2. The maximum Gasteiger partial charge on any atom is 0.312 e. The third-order valence-corrected chi connectivity index (χ3v) is 15.5. The number of piperidine rings is 1. The quantitative estimate of drug-likeness (QED) is 0.0722. The van der Waals surface area contributed by atoms with Crippen LogP contribution < -0.4 is 19.7 Å². The summed E-state index contributed by atoms with van der Waals surface area (Å²) in [5.74, 6) is 0.204. The molecule has 1 amide bonds. The summed E-state index contributed by atoms with van der Waals surface area (Å²) in [5.41, 5.74) is 4.17. The van der Waals surface area contributed by atoms with E-state index in [9.17, 15) is 23.3 Å². The number of nitrogens with zero attached hydrogens (tertiary/aromatic N) is 6. The molecule has 1 saturated carbocycles. The van der Waals surface area contributed by atoms with E-state index in [2.05, 4.69) is 84.7 Å². The third kappa shape index (κ3) is 9.55. The fourth-order valence-corrected chi connectivity index (χ4v) is 11.3. The van der Waals surface area contributed by atoms with E-state index in [1.54, 1.807) is 24.4 Å². The topological polar surface area (TPSA) is 188 Å². The van der Waals surface area contributed by atoms with E-state index < -0.39 is 31.4 Å². The number of piperazine rings is 1. The molecule has 5 aromatic rings. The molecule has 3 N–H and O–H groups in total. The summed E-state index contributed by atoms with van der Waals surface area (Å²) in [4.78, 5) is 44.1. The minimum absolute atomic E-state index is 0.0317. The molecule has 65 heavy (non-hydrogen) atoms. The van der Waals surface area contributed by atoms with Crippen LogP contribution in [-0.4, -0.2) is 109 Å². The zero-order valence-corrected chi connectivity index (χ0v) is 38.2. The van der Waals surface area contributed by atoms with Crippen molar-refractivity contribution in [2.45, 2.75) is 82.2 Å². The summed E-state index contributed by atoms with van der Waals surface area (Å²) in [5, 5.41) is 15.9. The molecule has 344 valence electrons. The number of nitro groups is 1. The Labute approximate surface area is 380 Å². The molecule has 4 aliphatic rings. The van der Waals surface area contributed by atoms with Crippen molar-refractivity contribution in [2.24, 2.45) is 11.3 Å². The van der Waals surface area contributed by atoms with Crippen LogP contribution in [0.1, 0.15) is 92.7 Å². The monoisotopic (exact) mass is 905 g/mol. The highest BCUT2D eigenvalue weighted by molar-refractivity contribution is 7.90. The van der Waals surface area contributed by atoms with Crippen LogP contribution in [0.2, 0.25) is 0 Å². The fraction of sp³-hybridized carbons (Fsp3) is 0.479. The third-order valence-electron chi connectivity index (χ3n) is 14.2. The number of H-pyrrole nitrogens is 1. The standard InChI is InChI=1S/C48H59N9O7S/c1-4-54-19-20-56(43(31-54)40-8-6-5-7-39(40)32(2)3)36-26-48(27-36)14-17-55(18-15-48)35-9-10-41(44(24-35)64-37-23-34-11-16-49-45(34)51-29-37)47(58)53-65(61,62)38-25-42(57(59)60)46(52-30-38)50-28-33-12-21-63-22-13-33/h5-11,16,23-25,29-30,32-33,36,43H,4,12-15,17-22,26-28,31H2,1-3H3,(H,49,51)(H,50,52)(H,53,58)/t43-/m1/s1. The lowest BCUT2D eigenvalue weighted by Crippen LogP contribution is -2.60. The number of fused-ring (bicyclic) bond motifs is 1. The van der Waals surface area contributed by atoms with Gasteiger partial charge in [0.05, 0.1) is 22.9 Å². The van der Waals surface area contributed by atoms with Gasteiger partial charge in [0.2, 0.25) is 5.82 Å². The molecular weight excluding hydrogens is 847 g/mol. The number of sulfonamides is 1. The summed E-state index contributed by atoms with van der Waals surface area (Å²) in [7, 11) is -4.61. The molecule has 16 nitrogen and oxygen atoms in total. The Balaban J connectivity index is 0.907. The molecule has 3 aliphatic heterocycles. The van der Waals surface area contributed by atoms with Gasteiger partial charge in [-0.05, 0) is 97.7 Å². The Morgan fingerprint density at radius 3 is 2.55 bits per heavy atom. The molecule has 4 fully saturated rings. The van der Waals surface area contributed by atoms with E-state index in [0.29, 0.717) is 49.2 Å². The zero-order chi connectivity index (χ0) is 45.3. The lowest BCUT2D eigenvalue weighted by atomic mass is 9.59. The Hall–Kier alpha value is -5.62. The van der Waals surface area contributed by atoms with Gasteiger partial charge in [0.15, 0.2) is 0 Å². The number of likely N-dealkylation sites (N-methyl/N-ethyl adjacent to an activating group) is 1. The number of amides is 1. The highest BCUT2D eigenvalue weighted by Crippen LogP contribution is 2.53. The van der Waals surface area contributed by atoms with Crippen LogP contribution in [0, 0.1) is 21.4 Å². The van der Waals surface area contributed by atoms with Gasteiger partial charge in [-0.25, -0.2) is 23.1 Å². The predicted molar refractivity (Wildman–Crippen MR) is 249 cm³/mol. The summed E-state index contributed by atoms with van der Waals surface area (Å²) < 4.78 is 41.2. The Kier molecular flexibility index (Phi) is 12.8. The van der Waals surface area contributed by atoms with E-state index in [1.165, 1.54) is 30.2 Å². The Morgan fingerprint density at radius 1 is 1.02 bits per heavy atom. The molecule has 17 heteroatoms. The Bertz CT molecular complexity index is 2630. The van der Waals surface area contributed by atoms with Gasteiger partial charge in [0.25, 0.3) is 15.9 Å². The van der Waals surface area contributed by atoms with Gasteiger partial charge in [-0.1, -0.05) is 45.0 Å². The molecule has 6 heterocycles. The summed E-state index contributed by atoms with van der Waals surface area (Å²) in [6, 6.07) is 19.7. The van der Waals surface area contributed by atoms with Gasteiger partial charge in [-0.3, -0.25) is 19.8 Å². The molecule has 0 radical (unpaired) electrons. The first-order valence-electron chi connectivity index (χ1n) is 23.0. The number of aromatic nitrogens is 3. The normalized spacial score (nSPS) is 19.9. The second kappa shape index (κ2) is 18.7. The fourth-order valence-electron chi connectivity index (χ4n) is 10.4. The lowest BCUT2D eigenvalue weighted by molar-refractivity contribution is -0.384. The average Bonchev–Trinajstić information content (AvgIpc) is 3.78. The van der Waals surface area contributed by atoms with Crippen LogP contribution in [0.25, 0.3) is 11.0 Å². The van der Waals surface area contributed by atoms with E-state index >= 15 is 0 Å². The summed E-state index contributed by atoms with van der Waals surface area (Å²) in [6.45, 7) is 14.4. The van der Waals surface area contributed by atoms with Crippen molar-refractivity contribution in [3.8, 4) is 11.5 Å². The molecule has 1 atom stereocenters. The number of nitrogens with one attached hydrogen (secondary N) is 3. The van der Waals surface area contributed by atoms with Gasteiger partial charge < -0.3 is 29.6 Å². The smallest absolute Gasteiger partial charge is 0.312 e. The molecule has 9 rings (SSSR count). The van der Waals surface area contributed by atoms with Crippen molar-refractivity contribution in [3.05, 3.63) is 106 Å². The molecule has 0 bridgehead atoms. The van der Waals surface area contributed by atoms with Crippen LogP contribution in [0.4, 0.5) is 17.2 Å². The van der Waals surface area contributed by atoms with Gasteiger partial charge in [-0.2, -0.15) is 0 Å². The van der Waals surface area contributed by atoms with Crippen molar-refractivity contribution in [2.75, 3.05) is 69.2 Å². The number of pyridine rings is 2. The number of aromatic amines is 1. The lowest BCUT2D eigenvalue weighted by Gasteiger charge is -2.58. The van der Waals surface area contributed by atoms with Gasteiger partial charge in [0, 0.05) is 94.0 Å². The molecule has 3 aromatic heterocycles. The van der Waals surface area contributed by atoms with E-state index in [1.807, 2.05) is 12.1 Å². The number of carbonyl (C=O) groups excluding carboxylic acids is 1. The molecular formula is C48H59N9O7S. The molecule has 0 unspecified atom stereocenters. The first-order chi connectivity index (χ1) is 31.4. The predicted octanol–water partition coefficient (Wildman–Crippen LogP) is 7.87. The van der Waals surface area contributed by atoms with Crippen LogP contribution in [0.15, 0.2) is 84.1 Å². The molecule has 1 aliphatic carbocycles. The van der Waals surface area contributed by atoms with Gasteiger partial charge in [0.1, 0.15) is 22.0 Å². The van der Waals surface area contributed by atoms with Crippen LogP contribution in [-0.2, 0) is 14.8 Å². The molecule has 2 aromatic carbocycles. The van der Waals surface area contributed by atoms with E-state index in [4.69, 9.17) is 9.47 Å². The minimum atomic E-state index is -4.61. The number of anilines is 2. The first-order valence-corrected chi connectivity index (χ1v) is 24.5. The van der Waals surface area contributed by atoms with Crippen molar-refractivity contribution in [1.29, 1.82) is 0 Å². The second-order valence-electron chi connectivity index (χ2n) is 18.5. The number of carbonyl (C=O) groups is 1. The molecule has 3 saturated heterocycles. The summed E-state index contributed by atoms with van der Waals surface area (Å²) >= 11 is 0. The van der Waals surface area contributed by atoms with Gasteiger partial charge in [-0.15, -0.1) is 0 Å². The van der Waals surface area contributed by atoms with Gasteiger partial charge >= 0.3 is 5.69 Å². The summed E-state index contributed by atoms with van der Waals surface area (Å²) in [6.07, 6.45) is 10.4. The van der Waals surface area contributed by atoms with Crippen LogP contribution in [0.5, 0.6) is 11.5 Å². The Morgan fingerprint density at radius 2 is 1.80 bits per heavy atom. The SMILES string of the molecule is CCN1CCN(C2CC3(CCN(c4ccc(C(=O)NS(=O)(=O)c5cnc(NCC6CCOCC6)c([N+](=O)[O-])c5)c(Oc5cnc6[nH]ccc6c5)c4)CC3)C2)[C@@H](c2ccccc2C(C)C)C1. The number of hydrogen-bond acceptors (Lipinski definition) is 13. The number of rotatable bonds is 14. The minimum Gasteiger partial charge on any atom is -0.455 e. The average molecular weight is 906 g/mol. The number of benzene rings is 2.